The summed E-state index contributed by atoms with van der Waals surface area (Å²) in [5, 5.41) is 0. The van der Waals surface area contributed by atoms with E-state index >= 15 is 0 Å². The SMILES string of the molecule is CN(CCCCCCl)C(=O)c1cc(Br)c(Br)s1. The fourth-order valence-electron chi connectivity index (χ4n) is 1.36. The molecular weight excluding hydrogens is 389 g/mol. The van der Waals surface area contributed by atoms with E-state index in [0.717, 1.165) is 38.9 Å². The van der Waals surface area contributed by atoms with Crippen molar-refractivity contribution in [2.45, 2.75) is 19.3 Å². The lowest BCUT2D eigenvalue weighted by Gasteiger charge is -2.15. The van der Waals surface area contributed by atoms with Crippen molar-refractivity contribution in [1.29, 1.82) is 0 Å². The fraction of sp³-hybridized carbons (Fsp3) is 0.545. The van der Waals surface area contributed by atoms with Gasteiger partial charge in [0, 0.05) is 23.9 Å². The molecule has 96 valence electrons. The first-order valence-corrected chi connectivity index (χ1v) is 8.26. The Labute approximate surface area is 128 Å². The number of carbonyl (C=O) groups excluding carboxylic acids is 1. The summed E-state index contributed by atoms with van der Waals surface area (Å²) >= 11 is 13.8. The second-order valence-electron chi connectivity index (χ2n) is 3.71. The average molecular weight is 404 g/mol. The van der Waals surface area contributed by atoms with Crippen molar-refractivity contribution in [2.75, 3.05) is 19.5 Å². The molecule has 0 unspecified atom stereocenters. The molecule has 1 amide bonds. The number of amides is 1. The second-order valence-corrected chi connectivity index (χ2v) is 7.31. The highest BCUT2D eigenvalue weighted by molar-refractivity contribution is 9.13. The Morgan fingerprint density at radius 1 is 1.41 bits per heavy atom. The second kappa shape index (κ2) is 7.77. The highest BCUT2D eigenvalue weighted by Crippen LogP contribution is 2.32. The number of rotatable bonds is 6. The van der Waals surface area contributed by atoms with E-state index in [1.54, 1.807) is 4.90 Å². The Bertz CT molecular complexity index is 364. The molecule has 0 atom stereocenters. The summed E-state index contributed by atoms with van der Waals surface area (Å²) in [7, 11) is 1.84. The van der Waals surface area contributed by atoms with Gasteiger partial charge < -0.3 is 4.90 Å². The van der Waals surface area contributed by atoms with Crippen molar-refractivity contribution in [2.24, 2.45) is 0 Å². The molecule has 0 bridgehead atoms. The maximum Gasteiger partial charge on any atom is 0.263 e. The third-order valence-corrected chi connectivity index (χ3v) is 5.84. The summed E-state index contributed by atoms with van der Waals surface area (Å²) in [6.45, 7) is 0.781. The minimum absolute atomic E-state index is 0.0762. The van der Waals surface area contributed by atoms with Gasteiger partial charge in [-0.1, -0.05) is 6.42 Å². The molecule has 2 nitrogen and oxygen atoms in total. The van der Waals surface area contributed by atoms with Crippen LogP contribution in [-0.2, 0) is 0 Å². The summed E-state index contributed by atoms with van der Waals surface area (Å²) in [4.78, 5) is 14.6. The van der Waals surface area contributed by atoms with Crippen LogP contribution in [0.5, 0.6) is 0 Å². The molecule has 0 saturated carbocycles. The quantitative estimate of drug-likeness (QED) is 0.496. The molecule has 1 rings (SSSR count). The monoisotopic (exact) mass is 401 g/mol. The van der Waals surface area contributed by atoms with E-state index in [4.69, 9.17) is 11.6 Å². The maximum atomic E-state index is 12.0. The number of carbonyl (C=O) groups is 1. The summed E-state index contributed by atoms with van der Waals surface area (Å²) in [6, 6.07) is 1.85. The lowest BCUT2D eigenvalue weighted by Crippen LogP contribution is -2.27. The molecule has 1 heterocycles. The van der Waals surface area contributed by atoms with Crippen molar-refractivity contribution in [3.05, 3.63) is 19.2 Å². The Morgan fingerprint density at radius 2 is 2.12 bits per heavy atom. The molecule has 0 radical (unpaired) electrons. The molecule has 17 heavy (non-hydrogen) atoms. The zero-order chi connectivity index (χ0) is 12.8. The highest BCUT2D eigenvalue weighted by atomic mass is 79.9. The van der Waals surface area contributed by atoms with Gasteiger partial charge in [0.1, 0.15) is 0 Å². The third-order valence-electron chi connectivity index (χ3n) is 2.33. The zero-order valence-electron chi connectivity index (χ0n) is 9.51. The molecule has 1 aromatic heterocycles. The number of hydrogen-bond acceptors (Lipinski definition) is 2. The van der Waals surface area contributed by atoms with E-state index in [-0.39, 0.29) is 5.91 Å². The van der Waals surface area contributed by atoms with Crippen LogP contribution < -0.4 is 0 Å². The van der Waals surface area contributed by atoms with E-state index in [0.29, 0.717) is 5.88 Å². The lowest BCUT2D eigenvalue weighted by molar-refractivity contribution is 0.0797. The number of alkyl halides is 1. The van der Waals surface area contributed by atoms with E-state index in [2.05, 4.69) is 31.9 Å². The van der Waals surface area contributed by atoms with Gasteiger partial charge in [-0.15, -0.1) is 22.9 Å². The minimum Gasteiger partial charge on any atom is -0.341 e. The minimum atomic E-state index is 0.0762. The molecule has 0 aliphatic carbocycles. The number of unbranched alkanes of at least 4 members (excludes halogenated alkanes) is 2. The van der Waals surface area contributed by atoms with Gasteiger partial charge in [-0.3, -0.25) is 4.79 Å². The molecular formula is C11H14Br2ClNOS. The molecule has 0 saturated heterocycles. The summed E-state index contributed by atoms with van der Waals surface area (Å²) in [5.41, 5.74) is 0. The Kier molecular flexibility index (Phi) is 7.07. The van der Waals surface area contributed by atoms with Crippen molar-refractivity contribution in [3.63, 3.8) is 0 Å². The van der Waals surface area contributed by atoms with E-state index < -0.39 is 0 Å². The van der Waals surface area contributed by atoms with Gasteiger partial charge >= 0.3 is 0 Å². The van der Waals surface area contributed by atoms with Gasteiger partial charge in [-0.25, -0.2) is 0 Å². The van der Waals surface area contributed by atoms with Crippen LogP contribution in [0.25, 0.3) is 0 Å². The molecule has 0 aromatic carbocycles. The first kappa shape index (κ1) is 15.5. The summed E-state index contributed by atoms with van der Waals surface area (Å²) in [5.74, 6) is 0.773. The van der Waals surface area contributed by atoms with Gasteiger partial charge in [0.25, 0.3) is 5.91 Å². The number of hydrogen-bond donors (Lipinski definition) is 0. The van der Waals surface area contributed by atoms with Gasteiger partial charge in [-0.05, 0) is 50.8 Å². The molecule has 0 spiro atoms. The maximum absolute atomic E-state index is 12.0. The smallest absolute Gasteiger partial charge is 0.263 e. The lowest BCUT2D eigenvalue weighted by atomic mass is 10.2. The topological polar surface area (TPSA) is 20.3 Å². The van der Waals surface area contributed by atoms with E-state index in [1.165, 1.54) is 11.3 Å². The first-order valence-electron chi connectivity index (χ1n) is 5.32. The van der Waals surface area contributed by atoms with Crippen molar-refractivity contribution in [1.82, 2.24) is 4.90 Å². The summed E-state index contributed by atoms with van der Waals surface area (Å²) in [6.07, 6.45) is 3.08. The van der Waals surface area contributed by atoms with Crippen molar-refractivity contribution in [3.8, 4) is 0 Å². The predicted molar refractivity (Wildman–Crippen MR) is 81.3 cm³/mol. The van der Waals surface area contributed by atoms with E-state index in [9.17, 15) is 4.79 Å². The highest BCUT2D eigenvalue weighted by Gasteiger charge is 2.15. The number of nitrogens with zero attached hydrogens (tertiary/aromatic N) is 1. The van der Waals surface area contributed by atoms with Crippen LogP contribution in [0.1, 0.15) is 28.9 Å². The van der Waals surface area contributed by atoms with E-state index in [1.807, 2.05) is 13.1 Å². The Morgan fingerprint density at radius 3 is 2.65 bits per heavy atom. The molecule has 0 fully saturated rings. The van der Waals surface area contributed by atoms with Crippen LogP contribution in [-0.4, -0.2) is 30.3 Å². The van der Waals surface area contributed by atoms with Crippen molar-refractivity contribution < 1.29 is 4.79 Å². The Hall–Kier alpha value is 0.420. The van der Waals surface area contributed by atoms with Crippen LogP contribution in [0.2, 0.25) is 0 Å². The predicted octanol–water partition coefficient (Wildman–Crippen LogP) is 4.75. The molecule has 0 aliphatic rings. The van der Waals surface area contributed by atoms with Crippen LogP contribution in [0.15, 0.2) is 14.3 Å². The standard InChI is InChI=1S/C11H14Br2ClNOS/c1-15(6-4-2-3-5-14)11(16)9-7-8(12)10(13)17-9/h7H,2-6H2,1H3. The largest absolute Gasteiger partial charge is 0.341 e. The fourth-order valence-corrected chi connectivity index (χ4v) is 3.58. The van der Waals surface area contributed by atoms with Crippen LogP contribution in [0.4, 0.5) is 0 Å². The van der Waals surface area contributed by atoms with Gasteiger partial charge in [0.2, 0.25) is 0 Å². The third kappa shape index (κ3) is 4.89. The van der Waals surface area contributed by atoms with Crippen LogP contribution >= 0.6 is 54.8 Å². The number of thiophene rings is 1. The van der Waals surface area contributed by atoms with Gasteiger partial charge in [0.05, 0.1) is 8.66 Å². The Balaban J connectivity index is 2.46. The molecule has 0 aliphatic heterocycles. The van der Waals surface area contributed by atoms with Crippen molar-refractivity contribution >= 4 is 60.7 Å². The normalized spacial score (nSPS) is 10.6. The molecule has 0 N–H and O–H groups in total. The van der Waals surface area contributed by atoms with Gasteiger partial charge in [-0.2, -0.15) is 0 Å². The zero-order valence-corrected chi connectivity index (χ0v) is 14.3. The summed E-state index contributed by atoms with van der Waals surface area (Å²) < 4.78 is 1.89. The van der Waals surface area contributed by atoms with Crippen LogP contribution in [0, 0.1) is 0 Å². The first-order chi connectivity index (χ1) is 8.06. The average Bonchev–Trinajstić information content (AvgIpc) is 2.64. The molecule has 1 aromatic rings. The molecule has 6 heteroatoms. The van der Waals surface area contributed by atoms with Gasteiger partial charge in [0.15, 0.2) is 0 Å². The number of halogens is 3. The van der Waals surface area contributed by atoms with Crippen LogP contribution in [0.3, 0.4) is 0 Å².